The number of nitrogens with zero attached hydrogens (tertiary/aromatic N) is 6. The number of aromatic amines is 1. The molecule has 0 spiro atoms. The van der Waals surface area contributed by atoms with E-state index in [1.54, 1.807) is 10.9 Å². The van der Waals surface area contributed by atoms with Crippen LogP contribution in [-0.2, 0) is 11.2 Å². The Labute approximate surface area is 164 Å². The minimum absolute atomic E-state index is 0.439. The van der Waals surface area contributed by atoms with E-state index in [1.807, 2.05) is 27.0 Å². The van der Waals surface area contributed by atoms with E-state index in [4.69, 9.17) is 4.74 Å². The van der Waals surface area contributed by atoms with Crippen molar-refractivity contribution in [2.45, 2.75) is 39.7 Å². The van der Waals surface area contributed by atoms with Crippen molar-refractivity contribution in [2.24, 2.45) is 0 Å². The van der Waals surface area contributed by atoms with Crippen LogP contribution in [0, 0.1) is 6.92 Å². The fourth-order valence-electron chi connectivity index (χ4n) is 3.28. The molecule has 4 rings (SSSR count). The van der Waals surface area contributed by atoms with Gasteiger partial charge in [-0.05, 0) is 26.8 Å². The van der Waals surface area contributed by atoms with Crippen molar-refractivity contribution in [1.29, 1.82) is 0 Å². The van der Waals surface area contributed by atoms with Gasteiger partial charge < -0.3 is 9.64 Å². The zero-order chi connectivity index (χ0) is 20.1. The number of fused-ring (bicyclic) bond motifs is 1. The van der Waals surface area contributed by atoms with Crippen LogP contribution < -0.4 is 0 Å². The summed E-state index contributed by atoms with van der Waals surface area (Å²) < 4.78 is 7.09. The Morgan fingerprint density at radius 1 is 1.39 bits per heavy atom. The summed E-state index contributed by atoms with van der Waals surface area (Å²) in [6.07, 6.45) is 6.12. The minimum Gasteiger partial charge on any atom is -0.380 e. The lowest BCUT2D eigenvalue weighted by Gasteiger charge is -2.22. The van der Waals surface area contributed by atoms with Crippen LogP contribution in [0.1, 0.15) is 42.1 Å². The SMILES string of the molecule is CC.Cc1nc(-n2cc(CCN(C)C3CCOC3)c(C=O)n2)c2cn[nH]c2n1. The molecular formula is C19H27N7O2. The van der Waals surface area contributed by atoms with Gasteiger partial charge in [-0.3, -0.25) is 9.89 Å². The first-order chi connectivity index (χ1) is 13.7. The third kappa shape index (κ3) is 4.10. The predicted octanol–water partition coefficient (Wildman–Crippen LogP) is 1.95. The minimum atomic E-state index is 0.439. The van der Waals surface area contributed by atoms with Gasteiger partial charge in [0.1, 0.15) is 11.5 Å². The van der Waals surface area contributed by atoms with E-state index < -0.39 is 0 Å². The van der Waals surface area contributed by atoms with E-state index in [0.29, 0.717) is 29.0 Å². The van der Waals surface area contributed by atoms with Crippen molar-refractivity contribution >= 4 is 17.3 Å². The van der Waals surface area contributed by atoms with Gasteiger partial charge in [0.05, 0.1) is 18.2 Å². The number of H-pyrrole nitrogens is 1. The zero-order valence-electron chi connectivity index (χ0n) is 16.8. The molecule has 0 aliphatic carbocycles. The van der Waals surface area contributed by atoms with Crippen molar-refractivity contribution in [3.8, 4) is 5.82 Å². The van der Waals surface area contributed by atoms with E-state index in [0.717, 1.165) is 49.8 Å². The second-order valence-corrected chi connectivity index (χ2v) is 6.58. The fraction of sp³-hybridized carbons (Fsp3) is 0.526. The Kier molecular flexibility index (Phi) is 6.48. The molecule has 1 unspecified atom stereocenters. The largest absolute Gasteiger partial charge is 0.380 e. The van der Waals surface area contributed by atoms with Crippen LogP contribution in [0.25, 0.3) is 16.9 Å². The number of hydrogen-bond donors (Lipinski definition) is 1. The van der Waals surface area contributed by atoms with Gasteiger partial charge in [-0.2, -0.15) is 10.2 Å². The van der Waals surface area contributed by atoms with Gasteiger partial charge in [0.25, 0.3) is 0 Å². The van der Waals surface area contributed by atoms with E-state index in [2.05, 4.69) is 37.2 Å². The Morgan fingerprint density at radius 3 is 2.93 bits per heavy atom. The van der Waals surface area contributed by atoms with Gasteiger partial charge in [-0.25, -0.2) is 14.6 Å². The summed E-state index contributed by atoms with van der Waals surface area (Å²) in [7, 11) is 2.09. The number of rotatable bonds is 6. The van der Waals surface area contributed by atoms with Crippen LogP contribution in [0.3, 0.4) is 0 Å². The lowest BCUT2D eigenvalue weighted by atomic mass is 10.1. The summed E-state index contributed by atoms with van der Waals surface area (Å²) in [5.41, 5.74) is 1.99. The molecule has 0 amide bonds. The fourth-order valence-corrected chi connectivity index (χ4v) is 3.28. The first-order valence-electron chi connectivity index (χ1n) is 9.65. The van der Waals surface area contributed by atoms with Gasteiger partial charge in [0.2, 0.25) is 0 Å². The maximum atomic E-state index is 11.5. The third-order valence-electron chi connectivity index (χ3n) is 4.82. The monoisotopic (exact) mass is 385 g/mol. The lowest BCUT2D eigenvalue weighted by Crippen LogP contribution is -2.33. The zero-order valence-corrected chi connectivity index (χ0v) is 16.8. The average Bonchev–Trinajstić information content (AvgIpc) is 3.46. The lowest BCUT2D eigenvalue weighted by molar-refractivity contribution is 0.111. The van der Waals surface area contributed by atoms with Gasteiger partial charge in [0, 0.05) is 31.0 Å². The van der Waals surface area contributed by atoms with E-state index >= 15 is 0 Å². The average molecular weight is 385 g/mol. The molecule has 4 heterocycles. The molecule has 1 aliphatic rings. The first kappa shape index (κ1) is 20.1. The van der Waals surface area contributed by atoms with Crippen molar-refractivity contribution in [1.82, 2.24) is 34.8 Å². The molecule has 28 heavy (non-hydrogen) atoms. The summed E-state index contributed by atoms with van der Waals surface area (Å²) in [5.74, 6) is 1.23. The quantitative estimate of drug-likeness (QED) is 0.647. The molecule has 1 atom stereocenters. The molecule has 1 fully saturated rings. The van der Waals surface area contributed by atoms with Crippen LogP contribution >= 0.6 is 0 Å². The Morgan fingerprint density at radius 2 is 2.21 bits per heavy atom. The Balaban J connectivity index is 0.00000109. The number of nitrogens with one attached hydrogen (secondary N) is 1. The van der Waals surface area contributed by atoms with Crippen LogP contribution in [-0.4, -0.2) is 74.0 Å². The maximum absolute atomic E-state index is 11.5. The van der Waals surface area contributed by atoms with Crippen molar-refractivity contribution in [3.63, 3.8) is 0 Å². The molecule has 3 aromatic heterocycles. The van der Waals surface area contributed by atoms with Gasteiger partial charge >= 0.3 is 0 Å². The van der Waals surface area contributed by atoms with Crippen LogP contribution in [0.2, 0.25) is 0 Å². The number of aldehydes is 1. The van der Waals surface area contributed by atoms with Crippen molar-refractivity contribution in [2.75, 3.05) is 26.8 Å². The van der Waals surface area contributed by atoms with E-state index in [-0.39, 0.29) is 0 Å². The second-order valence-electron chi connectivity index (χ2n) is 6.58. The molecule has 9 heteroatoms. The molecular weight excluding hydrogens is 358 g/mol. The van der Waals surface area contributed by atoms with E-state index in [1.165, 1.54) is 0 Å². The number of aromatic nitrogens is 6. The second kappa shape index (κ2) is 9.03. The maximum Gasteiger partial charge on any atom is 0.170 e. The standard InChI is InChI=1S/C17H21N7O2.C2H6/c1-11-19-16-14(7-18-21-16)17(20-11)24-8-12(15(9-25)22-24)3-5-23(2)13-4-6-26-10-13;1-2/h7-9,13H,3-6,10H2,1-2H3,(H,18,19,20,21);1-2H3. The molecule has 3 aromatic rings. The van der Waals surface area contributed by atoms with Gasteiger partial charge in [0.15, 0.2) is 17.8 Å². The van der Waals surface area contributed by atoms with Gasteiger partial charge in [-0.15, -0.1) is 0 Å². The molecule has 150 valence electrons. The highest BCUT2D eigenvalue weighted by atomic mass is 16.5. The van der Waals surface area contributed by atoms with Gasteiger partial charge in [-0.1, -0.05) is 13.8 Å². The highest BCUT2D eigenvalue weighted by Crippen LogP contribution is 2.19. The summed E-state index contributed by atoms with van der Waals surface area (Å²) in [6, 6.07) is 0.444. The van der Waals surface area contributed by atoms with Crippen LogP contribution in [0.5, 0.6) is 0 Å². The molecule has 0 radical (unpaired) electrons. The number of aryl methyl sites for hydroxylation is 1. The highest BCUT2D eigenvalue weighted by molar-refractivity contribution is 5.82. The highest BCUT2D eigenvalue weighted by Gasteiger charge is 2.21. The molecule has 1 aliphatic heterocycles. The van der Waals surface area contributed by atoms with E-state index in [9.17, 15) is 4.79 Å². The summed E-state index contributed by atoms with van der Waals surface area (Å²) in [5, 5.41) is 12.1. The topological polar surface area (TPSA) is 102 Å². The van der Waals surface area contributed by atoms with Crippen LogP contribution in [0.4, 0.5) is 0 Å². The summed E-state index contributed by atoms with van der Waals surface area (Å²) in [4.78, 5) is 22.6. The number of ether oxygens (including phenoxy) is 1. The molecule has 0 saturated carbocycles. The number of carbonyl (C=O) groups is 1. The molecule has 0 aromatic carbocycles. The number of hydrogen-bond acceptors (Lipinski definition) is 7. The van der Waals surface area contributed by atoms with Crippen molar-refractivity contribution < 1.29 is 9.53 Å². The first-order valence-corrected chi connectivity index (χ1v) is 9.65. The molecule has 1 saturated heterocycles. The predicted molar refractivity (Wildman–Crippen MR) is 106 cm³/mol. The summed E-state index contributed by atoms with van der Waals surface area (Å²) in [6.45, 7) is 8.24. The number of carbonyl (C=O) groups excluding carboxylic acids is 1. The van der Waals surface area contributed by atoms with Crippen LogP contribution in [0.15, 0.2) is 12.4 Å². The van der Waals surface area contributed by atoms with Crippen molar-refractivity contribution in [3.05, 3.63) is 29.5 Å². The smallest absolute Gasteiger partial charge is 0.170 e. The number of likely N-dealkylation sites (N-methyl/N-ethyl adjacent to an activating group) is 1. The summed E-state index contributed by atoms with van der Waals surface area (Å²) >= 11 is 0. The molecule has 9 nitrogen and oxygen atoms in total. The normalized spacial score (nSPS) is 16.4. The Bertz CT molecular complexity index is 928. The molecule has 1 N–H and O–H groups in total. The third-order valence-corrected chi connectivity index (χ3v) is 4.82. The Hall–Kier alpha value is -2.65. The molecule has 0 bridgehead atoms.